The number of nitrogens with two attached hydrogens (primary N) is 1. The van der Waals surface area contributed by atoms with Crippen molar-refractivity contribution in [3.05, 3.63) is 59.1 Å². The van der Waals surface area contributed by atoms with E-state index in [9.17, 15) is 4.79 Å². The van der Waals surface area contributed by atoms with Gasteiger partial charge in [-0.3, -0.25) is 10.2 Å². The highest BCUT2D eigenvalue weighted by atomic mass is 35.5. The molecule has 0 aliphatic heterocycles. The van der Waals surface area contributed by atoms with Crippen LogP contribution in [0, 0.1) is 0 Å². The van der Waals surface area contributed by atoms with Crippen molar-refractivity contribution in [1.29, 1.82) is 0 Å². The Morgan fingerprint density at radius 2 is 1.74 bits per heavy atom. The standard InChI is InChI=1S/C16H17ClN4O2/c1-21(2)14-9-3-11(4-10-14)15(18)20-23-16(22)19-13-7-5-12(17)6-8-13/h3-10H,1-2H3,(H2,18,20)(H,19,22). The minimum absolute atomic E-state index is 0.113. The van der Waals surface area contributed by atoms with Crippen LogP contribution in [0.15, 0.2) is 53.7 Å². The predicted molar refractivity (Wildman–Crippen MR) is 93.0 cm³/mol. The third kappa shape index (κ3) is 4.89. The van der Waals surface area contributed by atoms with Crippen LogP contribution in [0.1, 0.15) is 5.56 Å². The average Bonchev–Trinajstić information content (AvgIpc) is 2.55. The first-order valence-corrected chi connectivity index (χ1v) is 7.18. The number of hydrogen-bond acceptors (Lipinski definition) is 4. The van der Waals surface area contributed by atoms with Crippen molar-refractivity contribution in [2.45, 2.75) is 0 Å². The van der Waals surface area contributed by atoms with E-state index in [1.807, 2.05) is 31.1 Å². The van der Waals surface area contributed by atoms with Gasteiger partial charge in [0.15, 0.2) is 5.84 Å². The number of amidine groups is 1. The van der Waals surface area contributed by atoms with Crippen molar-refractivity contribution in [3.8, 4) is 0 Å². The van der Waals surface area contributed by atoms with Crippen molar-refractivity contribution >= 4 is 34.9 Å². The van der Waals surface area contributed by atoms with Gasteiger partial charge in [0, 0.05) is 36.1 Å². The maximum atomic E-state index is 11.6. The van der Waals surface area contributed by atoms with E-state index in [1.165, 1.54) is 0 Å². The molecule has 2 rings (SSSR count). The molecular formula is C16H17ClN4O2. The van der Waals surface area contributed by atoms with Gasteiger partial charge in [-0.2, -0.15) is 0 Å². The second-order valence-electron chi connectivity index (χ2n) is 4.93. The lowest BCUT2D eigenvalue weighted by molar-refractivity contribution is 0.166. The van der Waals surface area contributed by atoms with Gasteiger partial charge in [-0.05, 0) is 48.5 Å². The first kappa shape index (κ1) is 16.6. The Hall–Kier alpha value is -2.73. The van der Waals surface area contributed by atoms with Crippen molar-refractivity contribution in [1.82, 2.24) is 0 Å². The first-order chi connectivity index (χ1) is 11.0. The smallest absolute Gasteiger partial charge is 0.380 e. The fraction of sp³-hybridized carbons (Fsp3) is 0.125. The van der Waals surface area contributed by atoms with E-state index in [0.29, 0.717) is 16.3 Å². The molecule has 0 unspecified atom stereocenters. The van der Waals surface area contributed by atoms with Crippen molar-refractivity contribution in [2.75, 3.05) is 24.3 Å². The molecule has 0 spiro atoms. The molecule has 6 nitrogen and oxygen atoms in total. The van der Waals surface area contributed by atoms with Crippen molar-refractivity contribution < 1.29 is 9.63 Å². The number of benzene rings is 2. The summed E-state index contributed by atoms with van der Waals surface area (Å²) in [5, 5.41) is 6.71. The molecule has 0 aromatic heterocycles. The molecule has 0 aliphatic rings. The summed E-state index contributed by atoms with van der Waals surface area (Å²) >= 11 is 5.76. The predicted octanol–water partition coefficient (Wildman–Crippen LogP) is 3.28. The third-order valence-electron chi connectivity index (χ3n) is 3.00. The largest absolute Gasteiger partial charge is 0.437 e. The molecule has 1 amide bonds. The molecule has 0 saturated heterocycles. The van der Waals surface area contributed by atoms with Crippen LogP contribution in [0.25, 0.3) is 0 Å². The zero-order chi connectivity index (χ0) is 16.8. The Morgan fingerprint density at radius 1 is 1.13 bits per heavy atom. The van der Waals surface area contributed by atoms with Gasteiger partial charge in [0.1, 0.15) is 0 Å². The highest BCUT2D eigenvalue weighted by molar-refractivity contribution is 6.30. The number of oxime groups is 1. The molecule has 2 aromatic carbocycles. The van der Waals surface area contributed by atoms with Crippen LogP contribution >= 0.6 is 11.6 Å². The van der Waals surface area contributed by atoms with E-state index in [0.717, 1.165) is 5.69 Å². The number of amides is 1. The molecule has 3 N–H and O–H groups in total. The van der Waals surface area contributed by atoms with Crippen LogP contribution in [0.2, 0.25) is 5.02 Å². The second-order valence-corrected chi connectivity index (χ2v) is 5.36. The zero-order valence-corrected chi connectivity index (χ0v) is 13.5. The lowest BCUT2D eigenvalue weighted by atomic mass is 10.2. The lowest BCUT2D eigenvalue weighted by Crippen LogP contribution is -2.17. The summed E-state index contributed by atoms with van der Waals surface area (Å²) in [6.07, 6.45) is -0.736. The molecule has 0 fully saturated rings. The first-order valence-electron chi connectivity index (χ1n) is 6.80. The van der Waals surface area contributed by atoms with Gasteiger partial charge in [0.05, 0.1) is 0 Å². The Bertz CT molecular complexity index is 697. The Labute approximate surface area is 139 Å². The fourth-order valence-corrected chi connectivity index (χ4v) is 1.87. The highest BCUT2D eigenvalue weighted by Crippen LogP contribution is 2.14. The monoisotopic (exact) mass is 332 g/mol. The number of carbonyl (C=O) groups excluding carboxylic acids is 1. The minimum Gasteiger partial charge on any atom is -0.380 e. The molecule has 120 valence electrons. The van der Waals surface area contributed by atoms with E-state index in [2.05, 4.69) is 10.5 Å². The van der Waals surface area contributed by atoms with E-state index in [1.54, 1.807) is 36.4 Å². The maximum absolute atomic E-state index is 11.6. The summed E-state index contributed by atoms with van der Waals surface area (Å²) in [4.78, 5) is 18.3. The number of nitrogens with one attached hydrogen (secondary N) is 1. The average molecular weight is 333 g/mol. The highest BCUT2D eigenvalue weighted by Gasteiger charge is 2.05. The van der Waals surface area contributed by atoms with Crippen molar-refractivity contribution in [3.63, 3.8) is 0 Å². The van der Waals surface area contributed by atoms with Gasteiger partial charge >= 0.3 is 6.09 Å². The summed E-state index contributed by atoms with van der Waals surface area (Å²) in [5.41, 5.74) is 8.03. The molecule has 23 heavy (non-hydrogen) atoms. The lowest BCUT2D eigenvalue weighted by Gasteiger charge is -2.12. The Balaban J connectivity index is 1.95. The number of nitrogens with zero attached hydrogens (tertiary/aromatic N) is 2. The minimum atomic E-state index is -0.736. The third-order valence-corrected chi connectivity index (χ3v) is 3.25. The second kappa shape index (κ2) is 7.51. The summed E-state index contributed by atoms with van der Waals surface area (Å²) in [5.74, 6) is 0.113. The molecular weight excluding hydrogens is 316 g/mol. The molecule has 0 bridgehead atoms. The van der Waals surface area contributed by atoms with Gasteiger partial charge < -0.3 is 10.6 Å². The van der Waals surface area contributed by atoms with Gasteiger partial charge in [-0.25, -0.2) is 4.79 Å². The van der Waals surface area contributed by atoms with Gasteiger partial charge in [0.2, 0.25) is 0 Å². The molecule has 7 heteroatoms. The molecule has 0 saturated carbocycles. The number of hydrogen-bond donors (Lipinski definition) is 2. The van der Waals surface area contributed by atoms with Crippen LogP contribution < -0.4 is 16.0 Å². The molecule has 2 aromatic rings. The van der Waals surface area contributed by atoms with Crippen molar-refractivity contribution in [2.24, 2.45) is 10.9 Å². The van der Waals surface area contributed by atoms with Gasteiger partial charge in [-0.15, -0.1) is 0 Å². The number of carbonyl (C=O) groups is 1. The SMILES string of the molecule is CN(C)c1ccc(/C(N)=N\OC(=O)Nc2ccc(Cl)cc2)cc1. The van der Waals surface area contributed by atoms with Crippen LogP contribution in [-0.4, -0.2) is 26.0 Å². The van der Waals surface area contributed by atoms with Crippen LogP contribution in [-0.2, 0) is 4.84 Å². The van der Waals surface area contributed by atoms with Crippen LogP contribution in [0.4, 0.5) is 16.2 Å². The fourth-order valence-electron chi connectivity index (χ4n) is 1.75. The van der Waals surface area contributed by atoms with Gasteiger partial charge in [-0.1, -0.05) is 16.8 Å². The molecule has 0 atom stereocenters. The summed E-state index contributed by atoms with van der Waals surface area (Å²) < 4.78 is 0. The van der Waals surface area contributed by atoms with E-state index < -0.39 is 6.09 Å². The molecule has 0 radical (unpaired) electrons. The number of rotatable bonds is 4. The number of halogens is 1. The maximum Gasteiger partial charge on any atom is 0.437 e. The summed E-state index contributed by atoms with van der Waals surface area (Å²) in [6, 6.07) is 14.0. The van der Waals surface area contributed by atoms with Gasteiger partial charge in [0.25, 0.3) is 0 Å². The Morgan fingerprint density at radius 3 is 2.30 bits per heavy atom. The topological polar surface area (TPSA) is 79.9 Å². The number of anilines is 2. The Kier molecular flexibility index (Phi) is 5.43. The molecule has 0 heterocycles. The normalized spacial score (nSPS) is 11.0. The quantitative estimate of drug-likeness (QED) is 0.390. The zero-order valence-electron chi connectivity index (χ0n) is 12.8. The van der Waals surface area contributed by atoms with Crippen LogP contribution in [0.5, 0.6) is 0 Å². The molecule has 0 aliphatic carbocycles. The van der Waals surface area contributed by atoms with E-state index in [4.69, 9.17) is 22.2 Å². The van der Waals surface area contributed by atoms with E-state index in [-0.39, 0.29) is 5.84 Å². The van der Waals surface area contributed by atoms with E-state index >= 15 is 0 Å². The van der Waals surface area contributed by atoms with Crippen LogP contribution in [0.3, 0.4) is 0 Å². The summed E-state index contributed by atoms with van der Waals surface area (Å²) in [7, 11) is 3.88. The summed E-state index contributed by atoms with van der Waals surface area (Å²) in [6.45, 7) is 0.